The normalized spacial score (nSPS) is 30.8. The van der Waals surface area contributed by atoms with Gasteiger partial charge in [0.05, 0.1) is 6.07 Å². The summed E-state index contributed by atoms with van der Waals surface area (Å²) in [5.74, 6) is -0.414. The zero-order valence-electron chi connectivity index (χ0n) is 10.4. The van der Waals surface area contributed by atoms with Crippen LogP contribution in [-0.4, -0.2) is 25.5 Å². The summed E-state index contributed by atoms with van der Waals surface area (Å²) < 4.78 is 23.3. The van der Waals surface area contributed by atoms with Crippen molar-refractivity contribution in [2.45, 2.75) is 30.1 Å². The molecule has 0 heterocycles. The summed E-state index contributed by atoms with van der Waals surface area (Å²) in [6, 6.07) is 9.58. The highest BCUT2D eigenvalue weighted by molar-refractivity contribution is 7.91. The van der Waals surface area contributed by atoms with Crippen LogP contribution in [0.1, 0.15) is 24.0 Å². The van der Waals surface area contributed by atoms with Gasteiger partial charge in [0.2, 0.25) is 0 Å². The molecule has 3 atom stereocenters. The standard InChI is InChI=1S/C13H16N2O2S/c1-3-9-4-6-10(7-5-9)11-12(18(2,16)17)13(11,15)8-14/h4-7,11-12H,3,15H2,1-2H3/t11-,12-,13+/m0/s1. The molecule has 0 spiro atoms. The molecule has 0 unspecified atom stereocenters. The second-order valence-electron chi connectivity index (χ2n) is 4.87. The molecule has 2 rings (SSSR count). The van der Waals surface area contributed by atoms with Gasteiger partial charge < -0.3 is 5.73 Å². The molecule has 4 nitrogen and oxygen atoms in total. The van der Waals surface area contributed by atoms with Gasteiger partial charge in [0.1, 0.15) is 10.8 Å². The minimum atomic E-state index is -3.31. The van der Waals surface area contributed by atoms with E-state index in [2.05, 4.69) is 0 Å². The molecule has 1 aromatic carbocycles. The van der Waals surface area contributed by atoms with Crippen LogP contribution in [0.5, 0.6) is 0 Å². The molecule has 2 N–H and O–H groups in total. The van der Waals surface area contributed by atoms with E-state index in [0.717, 1.165) is 18.2 Å². The predicted octanol–water partition coefficient (Wildman–Crippen LogP) is 0.980. The van der Waals surface area contributed by atoms with E-state index in [1.165, 1.54) is 5.56 Å². The van der Waals surface area contributed by atoms with Gasteiger partial charge in [0.25, 0.3) is 0 Å². The van der Waals surface area contributed by atoms with Crippen molar-refractivity contribution < 1.29 is 8.42 Å². The number of benzene rings is 1. The van der Waals surface area contributed by atoms with Gasteiger partial charge in [-0.05, 0) is 17.5 Å². The highest BCUT2D eigenvalue weighted by Crippen LogP contribution is 2.53. The van der Waals surface area contributed by atoms with Gasteiger partial charge in [-0.3, -0.25) is 0 Å². The first-order chi connectivity index (χ1) is 8.34. The number of nitriles is 1. The van der Waals surface area contributed by atoms with Crippen LogP contribution in [0.15, 0.2) is 24.3 Å². The third-order valence-corrected chi connectivity index (χ3v) is 5.17. The van der Waals surface area contributed by atoms with Crippen molar-refractivity contribution in [3.05, 3.63) is 35.4 Å². The van der Waals surface area contributed by atoms with E-state index in [1.54, 1.807) is 0 Å². The molecule has 0 amide bonds. The topological polar surface area (TPSA) is 83.9 Å². The average Bonchev–Trinajstić information content (AvgIpc) is 2.97. The molecule has 96 valence electrons. The minimum Gasteiger partial charge on any atom is -0.312 e. The minimum absolute atomic E-state index is 0.414. The summed E-state index contributed by atoms with van der Waals surface area (Å²) in [7, 11) is -3.31. The van der Waals surface area contributed by atoms with Crippen molar-refractivity contribution in [1.82, 2.24) is 0 Å². The first kappa shape index (κ1) is 13.1. The highest BCUT2D eigenvalue weighted by Gasteiger charge is 2.69. The fourth-order valence-electron chi connectivity index (χ4n) is 2.52. The highest BCUT2D eigenvalue weighted by atomic mass is 32.2. The Labute approximate surface area is 107 Å². The van der Waals surface area contributed by atoms with Crippen LogP contribution in [0.2, 0.25) is 0 Å². The summed E-state index contributed by atoms with van der Waals surface area (Å²) in [6.45, 7) is 2.05. The van der Waals surface area contributed by atoms with Crippen molar-refractivity contribution in [2.75, 3.05) is 6.26 Å². The van der Waals surface area contributed by atoms with Crippen LogP contribution >= 0.6 is 0 Å². The summed E-state index contributed by atoms with van der Waals surface area (Å²) in [5, 5.41) is 8.30. The molecule has 0 bridgehead atoms. The van der Waals surface area contributed by atoms with Gasteiger partial charge in [-0.2, -0.15) is 5.26 Å². The zero-order chi connectivity index (χ0) is 13.6. The molecular weight excluding hydrogens is 248 g/mol. The van der Waals surface area contributed by atoms with Crippen LogP contribution in [0.3, 0.4) is 0 Å². The SMILES string of the molecule is CCc1ccc([C@H]2[C@H](S(C)(=O)=O)[C@@]2(N)C#N)cc1. The molecule has 0 aliphatic heterocycles. The van der Waals surface area contributed by atoms with Crippen molar-refractivity contribution >= 4 is 9.84 Å². The Bertz CT molecular complexity index is 601. The average molecular weight is 264 g/mol. The Kier molecular flexibility index (Phi) is 2.96. The molecule has 1 fully saturated rings. The molecule has 1 aromatic rings. The molecular formula is C13H16N2O2S. The van der Waals surface area contributed by atoms with Gasteiger partial charge in [0.15, 0.2) is 9.84 Å². The van der Waals surface area contributed by atoms with Gasteiger partial charge in [-0.1, -0.05) is 31.2 Å². The summed E-state index contributed by atoms with van der Waals surface area (Å²) in [4.78, 5) is 0. The lowest BCUT2D eigenvalue weighted by Crippen LogP contribution is -2.28. The molecule has 0 aromatic heterocycles. The molecule has 1 saturated carbocycles. The van der Waals surface area contributed by atoms with Crippen LogP contribution < -0.4 is 5.73 Å². The van der Waals surface area contributed by atoms with E-state index in [9.17, 15) is 8.42 Å². The Hall–Kier alpha value is -1.38. The predicted molar refractivity (Wildman–Crippen MR) is 69.7 cm³/mol. The number of rotatable bonds is 3. The number of aryl methyl sites for hydroxylation is 1. The maximum Gasteiger partial charge on any atom is 0.153 e. The van der Waals surface area contributed by atoms with E-state index >= 15 is 0 Å². The number of nitrogens with two attached hydrogens (primary N) is 1. The fraction of sp³-hybridized carbons (Fsp3) is 0.462. The van der Waals surface area contributed by atoms with E-state index < -0.39 is 26.5 Å². The monoisotopic (exact) mass is 264 g/mol. The van der Waals surface area contributed by atoms with Gasteiger partial charge >= 0.3 is 0 Å². The second-order valence-corrected chi connectivity index (χ2v) is 7.03. The fourth-order valence-corrected chi connectivity index (χ4v) is 4.23. The first-order valence-electron chi connectivity index (χ1n) is 5.82. The van der Waals surface area contributed by atoms with Crippen LogP contribution in [0.25, 0.3) is 0 Å². The lowest BCUT2D eigenvalue weighted by atomic mass is 10.0. The van der Waals surface area contributed by atoms with Crippen LogP contribution in [0, 0.1) is 11.3 Å². The molecule has 1 aliphatic rings. The van der Waals surface area contributed by atoms with Crippen molar-refractivity contribution in [3.63, 3.8) is 0 Å². The van der Waals surface area contributed by atoms with Crippen molar-refractivity contribution in [3.8, 4) is 6.07 Å². The number of hydrogen-bond donors (Lipinski definition) is 1. The third-order valence-electron chi connectivity index (χ3n) is 3.58. The van der Waals surface area contributed by atoms with Gasteiger partial charge in [0, 0.05) is 12.2 Å². The van der Waals surface area contributed by atoms with Crippen LogP contribution in [0.4, 0.5) is 0 Å². The largest absolute Gasteiger partial charge is 0.312 e. The molecule has 1 aliphatic carbocycles. The zero-order valence-corrected chi connectivity index (χ0v) is 11.2. The van der Waals surface area contributed by atoms with E-state index in [0.29, 0.717) is 0 Å². The number of hydrogen-bond acceptors (Lipinski definition) is 4. The summed E-state index contributed by atoms with van der Waals surface area (Å²) in [6.07, 6.45) is 2.06. The Morgan fingerprint density at radius 1 is 1.39 bits per heavy atom. The lowest BCUT2D eigenvalue weighted by molar-refractivity contribution is 0.597. The maximum absolute atomic E-state index is 11.6. The van der Waals surface area contributed by atoms with Crippen molar-refractivity contribution in [1.29, 1.82) is 5.26 Å². The Morgan fingerprint density at radius 2 is 1.94 bits per heavy atom. The van der Waals surface area contributed by atoms with Crippen molar-refractivity contribution in [2.24, 2.45) is 5.73 Å². The second kappa shape index (κ2) is 4.08. The lowest BCUT2D eigenvalue weighted by Gasteiger charge is -2.02. The van der Waals surface area contributed by atoms with E-state index in [4.69, 9.17) is 11.0 Å². The van der Waals surface area contributed by atoms with Crippen LogP contribution in [-0.2, 0) is 16.3 Å². The van der Waals surface area contributed by atoms with E-state index in [-0.39, 0.29) is 0 Å². The smallest absolute Gasteiger partial charge is 0.153 e. The summed E-state index contributed by atoms with van der Waals surface area (Å²) in [5.41, 5.74) is 6.61. The summed E-state index contributed by atoms with van der Waals surface area (Å²) >= 11 is 0. The molecule has 0 radical (unpaired) electrons. The maximum atomic E-state index is 11.6. The molecule has 18 heavy (non-hydrogen) atoms. The van der Waals surface area contributed by atoms with Gasteiger partial charge in [-0.25, -0.2) is 8.42 Å². The van der Waals surface area contributed by atoms with Gasteiger partial charge in [-0.15, -0.1) is 0 Å². The number of sulfone groups is 1. The Morgan fingerprint density at radius 3 is 2.28 bits per heavy atom. The molecule has 5 heteroatoms. The quantitative estimate of drug-likeness (QED) is 0.882. The van der Waals surface area contributed by atoms with E-state index in [1.807, 2.05) is 37.3 Å². The molecule has 0 saturated heterocycles. The third kappa shape index (κ3) is 1.92. The first-order valence-corrected chi connectivity index (χ1v) is 7.78. The Balaban J connectivity index is 2.37. The number of nitrogens with zero attached hydrogens (tertiary/aromatic N) is 1.